The lowest BCUT2D eigenvalue weighted by Crippen LogP contribution is -2.08. The fraction of sp³-hybridized carbons (Fsp3) is 0.636. The molecule has 0 fully saturated rings. The van der Waals surface area contributed by atoms with Crippen LogP contribution in [0.5, 0.6) is 0 Å². The molecule has 13 heavy (non-hydrogen) atoms. The minimum Gasteiger partial charge on any atom is -0.393 e. The number of hydrogen-bond donors (Lipinski definition) is 1. The van der Waals surface area contributed by atoms with E-state index in [1.165, 1.54) is 17.7 Å². The van der Waals surface area contributed by atoms with Crippen LogP contribution in [0.4, 0.5) is 0 Å². The van der Waals surface area contributed by atoms with Gasteiger partial charge in [-0.15, -0.1) is 11.3 Å². The van der Waals surface area contributed by atoms with Crippen molar-refractivity contribution in [2.24, 2.45) is 0 Å². The van der Waals surface area contributed by atoms with Crippen LogP contribution in [0.25, 0.3) is 0 Å². The van der Waals surface area contributed by atoms with Crippen molar-refractivity contribution in [3.63, 3.8) is 0 Å². The van der Waals surface area contributed by atoms with Gasteiger partial charge >= 0.3 is 0 Å². The maximum Gasteiger partial charge on any atom is 0.0588 e. The third kappa shape index (κ3) is 4.44. The summed E-state index contributed by atoms with van der Waals surface area (Å²) < 4.78 is 0. The van der Waals surface area contributed by atoms with E-state index in [0.29, 0.717) is 0 Å². The van der Waals surface area contributed by atoms with Crippen molar-refractivity contribution in [3.05, 3.63) is 22.4 Å². The number of unbranched alkanes of at least 4 members (excludes halogenated alkanes) is 2. The van der Waals surface area contributed by atoms with Crippen molar-refractivity contribution in [2.45, 2.75) is 45.1 Å². The van der Waals surface area contributed by atoms with Crippen LogP contribution in [-0.4, -0.2) is 11.2 Å². The highest BCUT2D eigenvalue weighted by atomic mass is 32.1. The molecule has 0 aliphatic carbocycles. The second-order valence-corrected chi connectivity index (χ2v) is 4.47. The van der Waals surface area contributed by atoms with Crippen LogP contribution in [0.2, 0.25) is 0 Å². The van der Waals surface area contributed by atoms with E-state index in [4.69, 9.17) is 0 Å². The van der Waals surface area contributed by atoms with Crippen LogP contribution in [0.15, 0.2) is 17.5 Å². The summed E-state index contributed by atoms with van der Waals surface area (Å²) in [6.45, 7) is 2.19. The van der Waals surface area contributed by atoms with Crippen molar-refractivity contribution < 1.29 is 5.11 Å². The highest BCUT2D eigenvalue weighted by Gasteiger charge is 2.05. The van der Waals surface area contributed by atoms with Gasteiger partial charge in [0.2, 0.25) is 0 Å². The van der Waals surface area contributed by atoms with Gasteiger partial charge < -0.3 is 5.11 Å². The molecular weight excluding hydrogens is 180 g/mol. The molecule has 1 rings (SSSR count). The maximum atomic E-state index is 9.65. The average Bonchev–Trinajstić information content (AvgIpc) is 2.57. The monoisotopic (exact) mass is 198 g/mol. The lowest BCUT2D eigenvalue weighted by atomic mass is 10.1. The predicted octanol–water partition coefficient (Wildman–Crippen LogP) is 3.23. The highest BCUT2D eigenvalue weighted by molar-refractivity contribution is 7.09. The summed E-state index contributed by atoms with van der Waals surface area (Å²) in [6, 6.07) is 4.13. The van der Waals surface area contributed by atoms with Gasteiger partial charge in [0.25, 0.3) is 0 Å². The Morgan fingerprint density at radius 3 is 2.92 bits per heavy atom. The van der Waals surface area contributed by atoms with Crippen LogP contribution >= 0.6 is 11.3 Å². The molecule has 1 N–H and O–H groups in total. The predicted molar refractivity (Wildman–Crippen MR) is 58.2 cm³/mol. The number of rotatable bonds is 6. The van der Waals surface area contributed by atoms with E-state index in [-0.39, 0.29) is 6.10 Å². The Morgan fingerprint density at radius 1 is 1.46 bits per heavy atom. The van der Waals surface area contributed by atoms with E-state index in [0.717, 1.165) is 19.3 Å². The number of aliphatic hydroxyl groups excluding tert-OH is 1. The summed E-state index contributed by atoms with van der Waals surface area (Å²) in [6.07, 6.45) is 5.27. The highest BCUT2D eigenvalue weighted by Crippen LogP contribution is 2.14. The Bertz CT molecular complexity index is 206. The third-order valence-electron chi connectivity index (χ3n) is 2.16. The standard InChI is InChI=1S/C11H18OS/c1-2-3-4-6-10(12)9-11-7-5-8-13-11/h5,7-8,10,12H,2-4,6,9H2,1H3. The minimum atomic E-state index is -0.134. The minimum absolute atomic E-state index is 0.134. The SMILES string of the molecule is CCCCCC(O)Cc1cccs1. The molecule has 1 heterocycles. The second-order valence-electron chi connectivity index (χ2n) is 3.43. The molecule has 1 atom stereocenters. The van der Waals surface area contributed by atoms with Gasteiger partial charge in [-0.3, -0.25) is 0 Å². The summed E-state index contributed by atoms with van der Waals surface area (Å²) in [5.41, 5.74) is 0. The molecular formula is C11H18OS. The van der Waals surface area contributed by atoms with E-state index >= 15 is 0 Å². The fourth-order valence-corrected chi connectivity index (χ4v) is 2.17. The molecule has 0 aliphatic rings. The van der Waals surface area contributed by atoms with Gasteiger partial charge in [0.05, 0.1) is 6.10 Å². The van der Waals surface area contributed by atoms with Gasteiger partial charge in [-0.25, -0.2) is 0 Å². The number of thiophene rings is 1. The van der Waals surface area contributed by atoms with Crippen LogP contribution in [0.1, 0.15) is 37.5 Å². The van der Waals surface area contributed by atoms with E-state index in [1.54, 1.807) is 11.3 Å². The molecule has 1 unspecified atom stereocenters. The summed E-state index contributed by atoms with van der Waals surface area (Å²) in [5.74, 6) is 0. The van der Waals surface area contributed by atoms with Crippen LogP contribution in [0, 0.1) is 0 Å². The molecule has 0 aliphatic heterocycles. The molecule has 0 bridgehead atoms. The normalized spacial score (nSPS) is 13.1. The molecule has 1 aromatic rings. The van der Waals surface area contributed by atoms with Crippen LogP contribution < -0.4 is 0 Å². The molecule has 0 radical (unpaired) electrons. The topological polar surface area (TPSA) is 20.2 Å². The number of aliphatic hydroxyl groups is 1. The molecule has 0 saturated heterocycles. The molecule has 2 heteroatoms. The Hall–Kier alpha value is -0.340. The first-order valence-electron chi connectivity index (χ1n) is 5.03. The average molecular weight is 198 g/mol. The molecule has 0 amide bonds. The summed E-state index contributed by atoms with van der Waals surface area (Å²) in [7, 11) is 0. The van der Waals surface area contributed by atoms with E-state index < -0.39 is 0 Å². The molecule has 1 nitrogen and oxygen atoms in total. The van der Waals surface area contributed by atoms with Gasteiger partial charge in [0.15, 0.2) is 0 Å². The van der Waals surface area contributed by atoms with Crippen molar-refractivity contribution in [2.75, 3.05) is 0 Å². The van der Waals surface area contributed by atoms with Gasteiger partial charge in [-0.05, 0) is 17.9 Å². The summed E-state index contributed by atoms with van der Waals surface area (Å²) in [4.78, 5) is 1.30. The van der Waals surface area contributed by atoms with Gasteiger partial charge in [0, 0.05) is 11.3 Å². The first-order chi connectivity index (χ1) is 6.33. The van der Waals surface area contributed by atoms with Gasteiger partial charge in [0.1, 0.15) is 0 Å². The van der Waals surface area contributed by atoms with Crippen molar-refractivity contribution in [3.8, 4) is 0 Å². The number of hydrogen-bond acceptors (Lipinski definition) is 2. The Kier molecular flexibility index (Phi) is 5.09. The Balaban J connectivity index is 2.14. The zero-order chi connectivity index (χ0) is 9.52. The first kappa shape index (κ1) is 10.7. The van der Waals surface area contributed by atoms with Crippen LogP contribution in [-0.2, 0) is 6.42 Å². The lowest BCUT2D eigenvalue weighted by Gasteiger charge is -2.07. The second kappa shape index (κ2) is 6.17. The molecule has 0 saturated carbocycles. The van der Waals surface area contributed by atoms with Crippen molar-refractivity contribution >= 4 is 11.3 Å². The Labute approximate surface area is 84.4 Å². The zero-order valence-corrected chi connectivity index (χ0v) is 9.02. The van der Waals surface area contributed by atoms with Crippen molar-refractivity contribution in [1.29, 1.82) is 0 Å². The maximum absolute atomic E-state index is 9.65. The quantitative estimate of drug-likeness (QED) is 0.696. The zero-order valence-electron chi connectivity index (χ0n) is 8.20. The third-order valence-corrected chi connectivity index (χ3v) is 3.06. The van der Waals surface area contributed by atoms with Crippen molar-refractivity contribution in [1.82, 2.24) is 0 Å². The lowest BCUT2D eigenvalue weighted by molar-refractivity contribution is 0.162. The fourth-order valence-electron chi connectivity index (χ4n) is 1.39. The first-order valence-corrected chi connectivity index (χ1v) is 5.91. The molecule has 0 spiro atoms. The smallest absolute Gasteiger partial charge is 0.0588 e. The Morgan fingerprint density at radius 2 is 2.31 bits per heavy atom. The summed E-state index contributed by atoms with van der Waals surface area (Å²) >= 11 is 1.73. The molecule has 74 valence electrons. The van der Waals surface area contributed by atoms with Gasteiger partial charge in [-0.1, -0.05) is 32.3 Å². The van der Waals surface area contributed by atoms with Gasteiger partial charge in [-0.2, -0.15) is 0 Å². The summed E-state index contributed by atoms with van der Waals surface area (Å²) in [5, 5.41) is 11.7. The van der Waals surface area contributed by atoms with E-state index in [1.807, 2.05) is 6.07 Å². The molecule has 0 aromatic carbocycles. The van der Waals surface area contributed by atoms with Crippen LogP contribution in [0.3, 0.4) is 0 Å². The van der Waals surface area contributed by atoms with E-state index in [2.05, 4.69) is 18.4 Å². The molecule has 1 aromatic heterocycles. The van der Waals surface area contributed by atoms with E-state index in [9.17, 15) is 5.11 Å². The largest absolute Gasteiger partial charge is 0.393 e.